The van der Waals surface area contributed by atoms with Crippen molar-refractivity contribution < 1.29 is 35.0 Å². The monoisotopic (exact) mass is 321 g/mol. The van der Waals surface area contributed by atoms with Crippen LogP contribution in [-0.2, 0) is 9.47 Å². The van der Waals surface area contributed by atoms with Crippen molar-refractivity contribution in [2.75, 3.05) is 13.2 Å². The molecule has 0 radical (unpaired) electrons. The fraction of sp³-hybridized carbons (Fsp3) is 0.857. The van der Waals surface area contributed by atoms with E-state index in [0.717, 1.165) is 0 Å². The van der Waals surface area contributed by atoms with Gasteiger partial charge < -0.3 is 40.7 Å². The third-order valence-electron chi connectivity index (χ3n) is 3.83. The smallest absolute Gasteiger partial charge is 0.186 e. The van der Waals surface area contributed by atoms with Crippen LogP contribution >= 0.6 is 0 Å². The zero-order chi connectivity index (χ0) is 16.9. The van der Waals surface area contributed by atoms with Crippen LogP contribution in [0.5, 0.6) is 0 Å². The molecule has 1 rings (SSSR count). The molecule has 1 heterocycles. The summed E-state index contributed by atoms with van der Waals surface area (Å²) < 4.78 is 10.9. The third-order valence-corrected chi connectivity index (χ3v) is 3.83. The Balaban J connectivity index is 2.75. The first kappa shape index (κ1) is 19.3. The summed E-state index contributed by atoms with van der Waals surface area (Å²) in [4.78, 5) is 0. The van der Waals surface area contributed by atoms with E-state index in [4.69, 9.17) is 20.3 Å². The molecule has 8 heteroatoms. The summed E-state index contributed by atoms with van der Waals surface area (Å²) in [6.45, 7) is 4.69. The van der Waals surface area contributed by atoms with Gasteiger partial charge in [0, 0.05) is 18.2 Å². The number of hydrogen-bond donors (Lipinski definition) is 6. The normalized spacial score (nSPS) is 35.1. The summed E-state index contributed by atoms with van der Waals surface area (Å²) in [7, 11) is 0. The number of allylic oxidation sites excluding steroid dienone is 1. The summed E-state index contributed by atoms with van der Waals surface area (Å²) >= 11 is 0. The Morgan fingerprint density at radius 1 is 1.23 bits per heavy atom. The Labute approximate surface area is 129 Å². The topological polar surface area (TPSA) is 146 Å². The van der Waals surface area contributed by atoms with E-state index in [0.29, 0.717) is 18.5 Å². The van der Waals surface area contributed by atoms with E-state index < -0.39 is 43.4 Å². The zero-order valence-corrected chi connectivity index (χ0v) is 12.7. The SMILES string of the molecule is C=C(N)CCC(OC1OC(CO)C(O)C(O)C1O)C(C)CO. The highest BCUT2D eigenvalue weighted by molar-refractivity contribution is 4.91. The maximum Gasteiger partial charge on any atom is 0.186 e. The van der Waals surface area contributed by atoms with Crippen molar-refractivity contribution in [2.45, 2.75) is 56.6 Å². The molecular formula is C14H27NO7. The van der Waals surface area contributed by atoms with E-state index in [1.54, 1.807) is 6.92 Å². The third kappa shape index (κ3) is 4.88. The van der Waals surface area contributed by atoms with Gasteiger partial charge in [-0.1, -0.05) is 13.5 Å². The van der Waals surface area contributed by atoms with Crippen LogP contribution in [0.1, 0.15) is 19.8 Å². The van der Waals surface area contributed by atoms with Crippen LogP contribution in [0.4, 0.5) is 0 Å². The van der Waals surface area contributed by atoms with Crippen molar-refractivity contribution in [3.8, 4) is 0 Å². The summed E-state index contributed by atoms with van der Waals surface area (Å²) in [5, 5.41) is 47.9. The van der Waals surface area contributed by atoms with Crippen molar-refractivity contribution in [1.82, 2.24) is 0 Å². The van der Waals surface area contributed by atoms with Gasteiger partial charge in [-0.05, 0) is 12.8 Å². The molecule has 1 aliphatic rings. The molecule has 7 atom stereocenters. The maximum atomic E-state index is 9.96. The molecule has 0 aliphatic carbocycles. The summed E-state index contributed by atoms with van der Waals surface area (Å²) in [5.74, 6) is -0.258. The van der Waals surface area contributed by atoms with Crippen LogP contribution in [0.2, 0.25) is 0 Å². The van der Waals surface area contributed by atoms with Crippen LogP contribution in [0.15, 0.2) is 12.3 Å². The van der Waals surface area contributed by atoms with Gasteiger partial charge >= 0.3 is 0 Å². The van der Waals surface area contributed by atoms with Gasteiger partial charge in [0.25, 0.3) is 0 Å². The fourth-order valence-corrected chi connectivity index (χ4v) is 2.28. The van der Waals surface area contributed by atoms with Gasteiger partial charge in [0.05, 0.1) is 12.7 Å². The van der Waals surface area contributed by atoms with Crippen LogP contribution in [0.25, 0.3) is 0 Å². The zero-order valence-electron chi connectivity index (χ0n) is 12.7. The van der Waals surface area contributed by atoms with E-state index in [1.165, 1.54) is 0 Å². The molecule has 130 valence electrons. The number of aliphatic hydroxyl groups excluding tert-OH is 5. The van der Waals surface area contributed by atoms with E-state index in [9.17, 15) is 20.4 Å². The van der Waals surface area contributed by atoms with Crippen molar-refractivity contribution in [1.29, 1.82) is 0 Å². The maximum absolute atomic E-state index is 9.96. The number of nitrogens with two attached hydrogens (primary N) is 1. The summed E-state index contributed by atoms with van der Waals surface area (Å²) in [6, 6.07) is 0. The largest absolute Gasteiger partial charge is 0.403 e. The Morgan fingerprint density at radius 2 is 1.86 bits per heavy atom. The first-order chi connectivity index (χ1) is 10.3. The summed E-state index contributed by atoms with van der Waals surface area (Å²) in [6.07, 6.45) is -6.22. The van der Waals surface area contributed by atoms with E-state index in [1.807, 2.05) is 0 Å². The second-order valence-electron chi connectivity index (χ2n) is 5.73. The van der Waals surface area contributed by atoms with Gasteiger partial charge in [0.15, 0.2) is 6.29 Å². The lowest BCUT2D eigenvalue weighted by Crippen LogP contribution is -2.60. The average molecular weight is 321 g/mol. The second kappa shape index (κ2) is 8.78. The molecule has 1 saturated heterocycles. The number of aliphatic hydroxyl groups is 5. The minimum Gasteiger partial charge on any atom is -0.403 e. The number of rotatable bonds is 8. The molecule has 0 saturated carbocycles. The lowest BCUT2D eigenvalue weighted by Gasteiger charge is -2.41. The van der Waals surface area contributed by atoms with Crippen LogP contribution in [0, 0.1) is 5.92 Å². The lowest BCUT2D eigenvalue weighted by molar-refractivity contribution is -0.315. The highest BCUT2D eigenvalue weighted by Crippen LogP contribution is 2.26. The van der Waals surface area contributed by atoms with Crippen molar-refractivity contribution in [3.05, 3.63) is 12.3 Å². The Hall–Kier alpha value is -0.740. The standard InChI is InChI=1S/C14H27NO7/c1-7(5-16)9(4-3-8(2)15)21-14-13(20)12(19)11(18)10(6-17)22-14/h7,9-14,16-20H,2-6,15H2,1H3. The van der Waals surface area contributed by atoms with E-state index in [-0.39, 0.29) is 12.5 Å². The van der Waals surface area contributed by atoms with Gasteiger partial charge in [0.2, 0.25) is 0 Å². The predicted molar refractivity (Wildman–Crippen MR) is 77.5 cm³/mol. The Bertz CT molecular complexity index is 352. The molecule has 0 amide bonds. The molecule has 0 aromatic heterocycles. The minimum absolute atomic E-state index is 0.140. The molecule has 8 nitrogen and oxygen atoms in total. The van der Waals surface area contributed by atoms with Crippen LogP contribution in [-0.4, -0.2) is 75.6 Å². The van der Waals surface area contributed by atoms with Gasteiger partial charge in [-0.15, -0.1) is 0 Å². The number of hydrogen-bond acceptors (Lipinski definition) is 8. The molecule has 1 fully saturated rings. The van der Waals surface area contributed by atoms with Gasteiger partial charge in [-0.25, -0.2) is 0 Å². The average Bonchev–Trinajstić information content (AvgIpc) is 2.50. The minimum atomic E-state index is -1.49. The molecule has 0 aromatic carbocycles. The van der Waals surface area contributed by atoms with Crippen LogP contribution in [0.3, 0.4) is 0 Å². The molecule has 7 N–H and O–H groups in total. The second-order valence-corrected chi connectivity index (χ2v) is 5.73. The van der Waals surface area contributed by atoms with Crippen molar-refractivity contribution in [3.63, 3.8) is 0 Å². The van der Waals surface area contributed by atoms with Crippen molar-refractivity contribution in [2.24, 2.45) is 11.7 Å². The molecule has 0 spiro atoms. The van der Waals surface area contributed by atoms with Gasteiger partial charge in [-0.2, -0.15) is 0 Å². The van der Waals surface area contributed by atoms with Crippen molar-refractivity contribution >= 4 is 0 Å². The fourth-order valence-electron chi connectivity index (χ4n) is 2.28. The lowest BCUT2D eigenvalue weighted by atomic mass is 9.97. The Kier molecular flexibility index (Phi) is 7.70. The van der Waals surface area contributed by atoms with Gasteiger partial charge in [0.1, 0.15) is 24.4 Å². The predicted octanol–water partition coefficient (Wildman–Crippen LogP) is -1.95. The highest BCUT2D eigenvalue weighted by atomic mass is 16.7. The van der Waals surface area contributed by atoms with Crippen LogP contribution < -0.4 is 5.73 Å². The molecule has 22 heavy (non-hydrogen) atoms. The molecule has 1 aliphatic heterocycles. The molecule has 7 unspecified atom stereocenters. The molecule has 0 aromatic rings. The first-order valence-corrected chi connectivity index (χ1v) is 7.31. The highest BCUT2D eigenvalue weighted by Gasteiger charge is 2.45. The molecular weight excluding hydrogens is 294 g/mol. The van der Waals surface area contributed by atoms with Gasteiger partial charge in [-0.3, -0.25) is 0 Å². The quantitative estimate of drug-likeness (QED) is 0.302. The summed E-state index contributed by atoms with van der Waals surface area (Å²) in [5.41, 5.74) is 5.99. The van der Waals surface area contributed by atoms with E-state index >= 15 is 0 Å². The Morgan fingerprint density at radius 3 is 2.36 bits per heavy atom. The number of ether oxygens (including phenoxy) is 2. The molecule has 0 bridgehead atoms. The first-order valence-electron chi connectivity index (χ1n) is 7.31. The van der Waals surface area contributed by atoms with E-state index in [2.05, 4.69) is 6.58 Å².